The minimum absolute atomic E-state index is 0.0657. The summed E-state index contributed by atoms with van der Waals surface area (Å²) in [6.07, 6.45) is 2.86. The molecule has 0 radical (unpaired) electrons. The van der Waals surface area contributed by atoms with E-state index in [0.717, 1.165) is 36.9 Å². The molecule has 1 fully saturated rings. The highest BCUT2D eigenvalue weighted by atomic mass is 16.5. The molecule has 4 N–H and O–H groups in total. The summed E-state index contributed by atoms with van der Waals surface area (Å²) in [6.45, 7) is 2.49. The Balaban J connectivity index is 1.47. The smallest absolute Gasteiger partial charge is 0.413 e. The molecule has 2 heterocycles. The summed E-state index contributed by atoms with van der Waals surface area (Å²) in [5, 5.41) is 12.1. The van der Waals surface area contributed by atoms with Crippen molar-refractivity contribution in [1.82, 2.24) is 10.3 Å². The van der Waals surface area contributed by atoms with Crippen molar-refractivity contribution in [3.8, 4) is 0 Å². The van der Waals surface area contributed by atoms with Gasteiger partial charge in [0.2, 0.25) is 5.91 Å². The van der Waals surface area contributed by atoms with Crippen molar-refractivity contribution in [2.75, 3.05) is 24.6 Å². The van der Waals surface area contributed by atoms with Gasteiger partial charge in [0.1, 0.15) is 11.9 Å². The lowest BCUT2D eigenvalue weighted by Gasteiger charge is -2.34. The lowest BCUT2D eigenvalue weighted by Crippen LogP contribution is -2.47. The molecule has 0 spiro atoms. The fraction of sp³-hybridized carbons (Fsp3) is 0.600. The highest BCUT2D eigenvalue weighted by Crippen LogP contribution is 2.36. The maximum absolute atomic E-state index is 12.2. The third-order valence-electron chi connectivity index (χ3n) is 5.52. The lowest BCUT2D eigenvalue weighted by molar-refractivity contribution is -0.144. The first-order valence-electron chi connectivity index (χ1n) is 10.1. The van der Waals surface area contributed by atoms with Gasteiger partial charge in [-0.2, -0.15) is 0 Å². The molecule has 158 valence electrons. The molecule has 0 saturated heterocycles. The van der Waals surface area contributed by atoms with E-state index in [0.29, 0.717) is 24.7 Å². The molecule has 1 aromatic heterocycles. The molecule has 1 unspecified atom stereocenters. The van der Waals surface area contributed by atoms with Gasteiger partial charge < -0.3 is 20.9 Å². The lowest BCUT2D eigenvalue weighted by atomic mass is 9.72. The van der Waals surface area contributed by atoms with Crippen LogP contribution in [0, 0.1) is 11.8 Å². The molecule has 2 aliphatic rings. The zero-order valence-electron chi connectivity index (χ0n) is 16.6. The molecule has 0 bridgehead atoms. The van der Waals surface area contributed by atoms with Crippen LogP contribution >= 0.6 is 0 Å². The Morgan fingerprint density at radius 3 is 2.83 bits per heavy atom. The van der Waals surface area contributed by atoms with Crippen LogP contribution in [0.3, 0.4) is 0 Å². The molecule has 1 aromatic rings. The van der Waals surface area contributed by atoms with Crippen molar-refractivity contribution in [3.63, 3.8) is 0 Å². The monoisotopic (exact) mass is 404 g/mol. The van der Waals surface area contributed by atoms with Gasteiger partial charge in [0, 0.05) is 24.7 Å². The number of pyridine rings is 1. The first kappa shape index (κ1) is 21.0. The molecule has 2 amide bonds. The van der Waals surface area contributed by atoms with Crippen LogP contribution in [0.2, 0.25) is 0 Å². The van der Waals surface area contributed by atoms with E-state index in [4.69, 9.17) is 10.5 Å². The molecule has 0 aromatic carbocycles. The third-order valence-corrected chi connectivity index (χ3v) is 5.52. The van der Waals surface area contributed by atoms with E-state index >= 15 is 0 Å². The highest BCUT2D eigenvalue weighted by molar-refractivity contribution is 5.86. The summed E-state index contributed by atoms with van der Waals surface area (Å²) in [5.74, 6) is 0.159. The van der Waals surface area contributed by atoms with Gasteiger partial charge in [0.25, 0.3) is 0 Å². The number of nitrogens with two attached hydrogens (primary N) is 1. The fourth-order valence-electron chi connectivity index (χ4n) is 3.88. The number of carboxylic acid groups (broad SMARTS) is 1. The Labute approximate surface area is 169 Å². The van der Waals surface area contributed by atoms with Crippen LogP contribution in [0.1, 0.15) is 37.4 Å². The van der Waals surface area contributed by atoms with Gasteiger partial charge in [-0.3, -0.25) is 14.5 Å². The van der Waals surface area contributed by atoms with Crippen molar-refractivity contribution >= 4 is 23.8 Å². The zero-order valence-corrected chi connectivity index (χ0v) is 16.6. The van der Waals surface area contributed by atoms with E-state index in [1.807, 2.05) is 12.1 Å². The maximum atomic E-state index is 12.2. The minimum Gasteiger partial charge on any atom is -0.465 e. The topological polar surface area (TPSA) is 135 Å². The molecule has 1 atom stereocenters. The van der Waals surface area contributed by atoms with E-state index in [9.17, 15) is 19.5 Å². The second-order valence-electron chi connectivity index (χ2n) is 7.67. The summed E-state index contributed by atoms with van der Waals surface area (Å²) in [4.78, 5) is 41.0. The maximum Gasteiger partial charge on any atom is 0.413 e. The Morgan fingerprint density at radius 2 is 2.14 bits per heavy atom. The van der Waals surface area contributed by atoms with Crippen LogP contribution in [0.4, 0.5) is 10.6 Å². The third kappa shape index (κ3) is 5.03. The SMILES string of the molecule is CCOC(=O)C(N)CNC(=O)C1CC(Cc2ccc3c(n2)N(C(=O)O)CCC3)C1. The number of esters is 1. The molecule has 1 aliphatic heterocycles. The average Bonchev–Trinajstić information content (AvgIpc) is 2.67. The number of anilines is 1. The van der Waals surface area contributed by atoms with Crippen LogP contribution in [-0.2, 0) is 27.2 Å². The molecule has 1 saturated carbocycles. The normalized spacial score (nSPS) is 21.5. The summed E-state index contributed by atoms with van der Waals surface area (Å²) in [7, 11) is 0. The van der Waals surface area contributed by atoms with Crippen molar-refractivity contribution in [2.24, 2.45) is 17.6 Å². The second-order valence-corrected chi connectivity index (χ2v) is 7.67. The number of carbonyl (C=O) groups excluding carboxylic acids is 2. The van der Waals surface area contributed by atoms with Crippen LogP contribution in [0.25, 0.3) is 0 Å². The Morgan fingerprint density at radius 1 is 1.38 bits per heavy atom. The minimum atomic E-state index is -0.975. The number of aryl methyl sites for hydroxylation is 1. The standard InChI is InChI=1S/C20H28N4O5/c1-2-29-19(26)16(21)11-22-18(25)14-8-12(9-14)10-15-6-5-13-4-3-7-24(20(27)28)17(13)23-15/h5-6,12,14,16H,2-4,7-11,21H2,1H3,(H,22,25)(H,27,28). The number of nitrogens with one attached hydrogen (secondary N) is 1. The van der Waals surface area contributed by atoms with Crippen LogP contribution in [-0.4, -0.2) is 53.8 Å². The van der Waals surface area contributed by atoms with E-state index in [1.54, 1.807) is 6.92 Å². The van der Waals surface area contributed by atoms with E-state index in [-0.39, 0.29) is 25.0 Å². The second kappa shape index (κ2) is 9.21. The van der Waals surface area contributed by atoms with Gasteiger partial charge in [0.15, 0.2) is 0 Å². The number of aromatic nitrogens is 1. The van der Waals surface area contributed by atoms with Crippen LogP contribution < -0.4 is 16.0 Å². The number of fused-ring (bicyclic) bond motifs is 1. The van der Waals surface area contributed by atoms with Crippen LogP contribution in [0.5, 0.6) is 0 Å². The van der Waals surface area contributed by atoms with Gasteiger partial charge in [-0.05, 0) is 56.6 Å². The van der Waals surface area contributed by atoms with Gasteiger partial charge in [-0.1, -0.05) is 6.07 Å². The summed E-state index contributed by atoms with van der Waals surface area (Å²) in [6, 6.07) is 3.06. The summed E-state index contributed by atoms with van der Waals surface area (Å²) in [5.41, 5.74) is 7.50. The van der Waals surface area contributed by atoms with E-state index in [1.165, 1.54) is 4.90 Å². The number of carbonyl (C=O) groups is 3. The largest absolute Gasteiger partial charge is 0.465 e. The number of nitrogens with zero attached hydrogens (tertiary/aromatic N) is 2. The molecule has 9 nitrogen and oxygen atoms in total. The van der Waals surface area contributed by atoms with Crippen molar-refractivity contribution in [1.29, 1.82) is 0 Å². The number of amides is 2. The number of hydrogen-bond acceptors (Lipinski definition) is 6. The Hall–Kier alpha value is -2.68. The number of hydrogen-bond donors (Lipinski definition) is 3. The summed E-state index contributed by atoms with van der Waals surface area (Å²) < 4.78 is 4.82. The predicted octanol–water partition coefficient (Wildman–Crippen LogP) is 1.09. The average molecular weight is 404 g/mol. The molecule has 3 rings (SSSR count). The predicted molar refractivity (Wildman–Crippen MR) is 105 cm³/mol. The summed E-state index contributed by atoms with van der Waals surface area (Å²) >= 11 is 0. The van der Waals surface area contributed by atoms with Gasteiger partial charge in [0.05, 0.1) is 6.61 Å². The molecular weight excluding hydrogens is 376 g/mol. The van der Waals surface area contributed by atoms with Crippen molar-refractivity contribution < 1.29 is 24.2 Å². The van der Waals surface area contributed by atoms with Crippen molar-refractivity contribution in [3.05, 3.63) is 23.4 Å². The number of ether oxygens (including phenoxy) is 1. The van der Waals surface area contributed by atoms with Crippen LogP contribution in [0.15, 0.2) is 12.1 Å². The Bertz CT molecular complexity index is 778. The van der Waals surface area contributed by atoms with Gasteiger partial charge in [-0.15, -0.1) is 0 Å². The van der Waals surface area contributed by atoms with Gasteiger partial charge >= 0.3 is 12.1 Å². The quantitative estimate of drug-likeness (QED) is 0.579. The highest BCUT2D eigenvalue weighted by Gasteiger charge is 2.35. The molecule has 9 heteroatoms. The molecule has 1 aliphatic carbocycles. The van der Waals surface area contributed by atoms with E-state index < -0.39 is 18.1 Å². The fourth-order valence-corrected chi connectivity index (χ4v) is 3.88. The first-order valence-corrected chi connectivity index (χ1v) is 10.1. The zero-order chi connectivity index (χ0) is 21.0. The molecular formula is C20H28N4O5. The van der Waals surface area contributed by atoms with Crippen molar-refractivity contribution in [2.45, 2.75) is 45.1 Å². The van der Waals surface area contributed by atoms with Gasteiger partial charge in [-0.25, -0.2) is 9.78 Å². The number of rotatable bonds is 7. The van der Waals surface area contributed by atoms with E-state index in [2.05, 4.69) is 10.3 Å². The first-order chi connectivity index (χ1) is 13.9. The molecule has 29 heavy (non-hydrogen) atoms. The Kier molecular flexibility index (Phi) is 6.68.